The Hall–Kier alpha value is -4.07. The highest BCUT2D eigenvalue weighted by Gasteiger charge is 2.28. The van der Waals surface area contributed by atoms with Gasteiger partial charge in [0.2, 0.25) is 0 Å². The quantitative estimate of drug-likeness (QED) is 0.575. The minimum absolute atomic E-state index is 0.0335. The van der Waals surface area contributed by atoms with Crippen LogP contribution in [-0.2, 0) is 0 Å². The molecule has 0 bridgehead atoms. The topological polar surface area (TPSA) is 78.0 Å². The van der Waals surface area contributed by atoms with Crippen LogP contribution in [0.3, 0.4) is 0 Å². The van der Waals surface area contributed by atoms with Gasteiger partial charge in [-0.3, -0.25) is 9.59 Å². The van der Waals surface area contributed by atoms with Gasteiger partial charge in [-0.1, -0.05) is 12.1 Å². The van der Waals surface area contributed by atoms with Crippen LogP contribution in [0.15, 0.2) is 54.7 Å². The maximum atomic E-state index is 13.0. The van der Waals surface area contributed by atoms with Gasteiger partial charge in [-0.25, -0.2) is 4.98 Å². The fourth-order valence-electron chi connectivity index (χ4n) is 4.67. The molecule has 1 saturated heterocycles. The van der Waals surface area contributed by atoms with Crippen molar-refractivity contribution in [2.75, 3.05) is 48.9 Å². The summed E-state index contributed by atoms with van der Waals surface area (Å²) in [5, 5.41) is 3.34. The predicted molar refractivity (Wildman–Crippen MR) is 138 cm³/mol. The summed E-state index contributed by atoms with van der Waals surface area (Å²) in [5.74, 6) is 1.16. The molecule has 0 radical (unpaired) electrons. The van der Waals surface area contributed by atoms with Gasteiger partial charge in [-0.05, 0) is 50.1 Å². The molecule has 0 spiro atoms. The van der Waals surface area contributed by atoms with Gasteiger partial charge >= 0.3 is 0 Å². The van der Waals surface area contributed by atoms with Crippen molar-refractivity contribution in [3.63, 3.8) is 0 Å². The average molecular weight is 472 g/mol. The van der Waals surface area contributed by atoms with Crippen LogP contribution >= 0.6 is 0 Å². The lowest BCUT2D eigenvalue weighted by atomic mass is 10.1. The standard InChI is InChI=1S/C27H29N5O3/c1-4-35-24-15-18(26(33)32-13-7-8-14-32)11-12-20(24)29-25-16-22-23(17-28-25)31(3)27(34)19-9-5-6-10-21(19)30(22)2/h5-6,9-12,15-17H,4,7-8,13-14H2,1-3H3,(H,28,29). The van der Waals surface area contributed by atoms with E-state index in [9.17, 15) is 9.59 Å². The number of anilines is 5. The van der Waals surface area contributed by atoms with Crippen molar-refractivity contribution in [3.05, 3.63) is 65.9 Å². The number of benzene rings is 2. The number of hydrogen-bond donors (Lipinski definition) is 1. The van der Waals surface area contributed by atoms with Gasteiger partial charge in [0.15, 0.2) is 0 Å². The van der Waals surface area contributed by atoms with Gasteiger partial charge in [0.25, 0.3) is 11.8 Å². The highest BCUT2D eigenvalue weighted by molar-refractivity contribution is 6.13. The molecule has 0 saturated carbocycles. The number of aromatic nitrogens is 1. The largest absolute Gasteiger partial charge is 0.492 e. The Labute approximate surface area is 205 Å². The summed E-state index contributed by atoms with van der Waals surface area (Å²) < 4.78 is 5.87. The number of fused-ring (bicyclic) bond motifs is 2. The van der Waals surface area contributed by atoms with E-state index in [2.05, 4.69) is 10.3 Å². The number of likely N-dealkylation sites (tertiary alicyclic amines) is 1. The summed E-state index contributed by atoms with van der Waals surface area (Å²) in [6.45, 7) is 3.99. The van der Waals surface area contributed by atoms with Crippen molar-refractivity contribution in [2.45, 2.75) is 19.8 Å². The molecule has 35 heavy (non-hydrogen) atoms. The molecule has 3 heterocycles. The molecular formula is C27H29N5O3. The lowest BCUT2D eigenvalue weighted by Crippen LogP contribution is -2.27. The third kappa shape index (κ3) is 4.16. The van der Waals surface area contributed by atoms with Gasteiger partial charge in [-0.2, -0.15) is 0 Å². The van der Waals surface area contributed by atoms with Crippen LogP contribution in [0.4, 0.5) is 28.6 Å². The Morgan fingerprint density at radius 3 is 2.54 bits per heavy atom. The molecule has 5 rings (SSSR count). The Kier molecular flexibility index (Phi) is 6.03. The molecule has 1 N–H and O–H groups in total. The second-order valence-corrected chi connectivity index (χ2v) is 8.77. The Bertz CT molecular complexity index is 1290. The van der Waals surface area contributed by atoms with E-state index in [1.54, 1.807) is 24.2 Å². The molecule has 0 unspecified atom stereocenters. The van der Waals surface area contributed by atoms with Crippen LogP contribution in [0.5, 0.6) is 5.75 Å². The van der Waals surface area contributed by atoms with Crippen molar-refractivity contribution in [1.82, 2.24) is 9.88 Å². The third-order valence-corrected chi connectivity index (χ3v) is 6.57. The summed E-state index contributed by atoms with van der Waals surface area (Å²) in [6, 6.07) is 15.0. The van der Waals surface area contributed by atoms with Gasteiger partial charge in [0.05, 0.1) is 41.1 Å². The first-order chi connectivity index (χ1) is 17.0. The molecule has 8 nitrogen and oxygen atoms in total. The van der Waals surface area contributed by atoms with Gasteiger partial charge in [0.1, 0.15) is 11.6 Å². The Morgan fingerprint density at radius 1 is 1.00 bits per heavy atom. The Morgan fingerprint density at radius 2 is 1.77 bits per heavy atom. The lowest BCUT2D eigenvalue weighted by molar-refractivity contribution is 0.0792. The van der Waals surface area contributed by atoms with E-state index in [0.717, 1.165) is 48.7 Å². The van der Waals surface area contributed by atoms with Crippen molar-refractivity contribution in [2.24, 2.45) is 0 Å². The number of nitrogens with zero attached hydrogens (tertiary/aromatic N) is 4. The summed E-state index contributed by atoms with van der Waals surface area (Å²) in [4.78, 5) is 36.0. The number of nitrogens with one attached hydrogen (secondary N) is 1. The van der Waals surface area contributed by atoms with Gasteiger partial charge < -0.3 is 24.8 Å². The molecule has 2 aromatic carbocycles. The molecule has 2 aliphatic rings. The third-order valence-electron chi connectivity index (χ3n) is 6.57. The van der Waals surface area contributed by atoms with Crippen molar-refractivity contribution < 1.29 is 14.3 Å². The lowest BCUT2D eigenvalue weighted by Gasteiger charge is -2.23. The normalized spacial score (nSPS) is 14.9. The number of carbonyl (C=O) groups excluding carboxylic acids is 2. The van der Waals surface area contributed by atoms with E-state index >= 15 is 0 Å². The first kappa shape index (κ1) is 22.7. The number of carbonyl (C=O) groups is 2. The summed E-state index contributed by atoms with van der Waals surface area (Å²) >= 11 is 0. The van der Waals surface area contributed by atoms with Crippen LogP contribution in [0.1, 0.15) is 40.5 Å². The maximum absolute atomic E-state index is 13.0. The molecule has 2 amide bonds. The zero-order valence-electron chi connectivity index (χ0n) is 20.2. The second-order valence-electron chi connectivity index (χ2n) is 8.77. The SMILES string of the molecule is CCOc1cc(C(=O)N2CCCC2)ccc1Nc1cc2c(cn1)N(C)C(=O)c1ccccc1N2C. The maximum Gasteiger partial charge on any atom is 0.260 e. The number of amides is 2. The molecule has 0 atom stereocenters. The molecular weight excluding hydrogens is 442 g/mol. The predicted octanol–water partition coefficient (Wildman–Crippen LogP) is 4.82. The monoisotopic (exact) mass is 471 g/mol. The highest BCUT2D eigenvalue weighted by Crippen LogP contribution is 2.40. The fourth-order valence-corrected chi connectivity index (χ4v) is 4.67. The van der Waals surface area contributed by atoms with E-state index < -0.39 is 0 Å². The highest BCUT2D eigenvalue weighted by atomic mass is 16.5. The second kappa shape index (κ2) is 9.29. The first-order valence-electron chi connectivity index (χ1n) is 11.9. The van der Waals surface area contributed by atoms with Crippen molar-refractivity contribution >= 4 is 40.4 Å². The molecule has 180 valence electrons. The van der Waals surface area contributed by atoms with E-state index in [0.29, 0.717) is 29.3 Å². The fraction of sp³-hybridized carbons (Fsp3) is 0.296. The Balaban J connectivity index is 1.48. The summed E-state index contributed by atoms with van der Waals surface area (Å²) in [6.07, 6.45) is 3.80. The van der Waals surface area contributed by atoms with Crippen molar-refractivity contribution in [3.8, 4) is 5.75 Å². The number of ether oxygens (including phenoxy) is 1. The average Bonchev–Trinajstić information content (AvgIpc) is 3.41. The minimum Gasteiger partial charge on any atom is -0.492 e. The van der Waals surface area contributed by atoms with Crippen molar-refractivity contribution in [1.29, 1.82) is 0 Å². The molecule has 1 aromatic heterocycles. The van der Waals surface area contributed by atoms with E-state index in [-0.39, 0.29) is 11.8 Å². The molecule has 0 aliphatic carbocycles. The molecule has 8 heteroatoms. The molecule has 2 aliphatic heterocycles. The summed E-state index contributed by atoms with van der Waals surface area (Å²) in [7, 11) is 3.70. The first-order valence-corrected chi connectivity index (χ1v) is 11.9. The van der Waals surface area contributed by atoms with Crippen LogP contribution in [0.2, 0.25) is 0 Å². The number of pyridine rings is 1. The smallest absolute Gasteiger partial charge is 0.260 e. The number of hydrogen-bond acceptors (Lipinski definition) is 6. The van der Waals surface area contributed by atoms with Gasteiger partial charge in [0, 0.05) is 38.8 Å². The van der Waals surface area contributed by atoms with Crippen LogP contribution in [0.25, 0.3) is 0 Å². The molecule has 1 fully saturated rings. The zero-order valence-corrected chi connectivity index (χ0v) is 20.2. The van der Waals surface area contributed by atoms with E-state index in [1.807, 2.05) is 66.2 Å². The zero-order chi connectivity index (χ0) is 24.5. The minimum atomic E-state index is -0.0781. The number of para-hydroxylation sites is 1. The molecule has 3 aromatic rings. The summed E-state index contributed by atoms with van der Waals surface area (Å²) in [5.41, 5.74) is 4.38. The van der Waals surface area contributed by atoms with E-state index in [4.69, 9.17) is 4.74 Å². The van der Waals surface area contributed by atoms with E-state index in [1.165, 1.54) is 0 Å². The number of rotatable bonds is 5. The van der Waals surface area contributed by atoms with Crippen LogP contribution in [0, 0.1) is 0 Å². The van der Waals surface area contributed by atoms with Crippen LogP contribution in [-0.4, -0.2) is 55.5 Å². The van der Waals surface area contributed by atoms with Gasteiger partial charge in [-0.15, -0.1) is 0 Å². The van der Waals surface area contributed by atoms with Crippen LogP contribution < -0.4 is 19.9 Å².